The van der Waals surface area contributed by atoms with Crippen molar-refractivity contribution in [3.05, 3.63) is 88.2 Å². The maximum absolute atomic E-state index is 14.1. The van der Waals surface area contributed by atoms with Crippen LogP contribution in [-0.4, -0.2) is 31.0 Å². The maximum atomic E-state index is 14.1. The molecular formula is C21H15FN6O3S. The van der Waals surface area contributed by atoms with Crippen LogP contribution in [0.3, 0.4) is 0 Å². The van der Waals surface area contributed by atoms with E-state index in [0.717, 1.165) is 11.8 Å². The second kappa shape index (κ2) is 8.94. The summed E-state index contributed by atoms with van der Waals surface area (Å²) in [5.41, 5.74) is 0.935. The summed E-state index contributed by atoms with van der Waals surface area (Å²) in [6.45, 7) is 0. The number of non-ortho nitro benzene ring substituents is 1. The van der Waals surface area contributed by atoms with E-state index in [4.69, 9.17) is 0 Å². The number of benzene rings is 3. The predicted molar refractivity (Wildman–Crippen MR) is 116 cm³/mol. The van der Waals surface area contributed by atoms with Gasteiger partial charge in [-0.05, 0) is 40.8 Å². The first-order chi connectivity index (χ1) is 15.4. The lowest BCUT2D eigenvalue weighted by Gasteiger charge is -2.11. The molecule has 0 radical (unpaired) electrons. The van der Waals surface area contributed by atoms with Crippen LogP contribution in [0.4, 0.5) is 15.8 Å². The molecule has 0 saturated carbocycles. The molecule has 160 valence electrons. The van der Waals surface area contributed by atoms with Gasteiger partial charge in [0.15, 0.2) is 5.82 Å². The van der Waals surface area contributed by atoms with Gasteiger partial charge in [0.05, 0.1) is 10.5 Å². The van der Waals surface area contributed by atoms with Crippen LogP contribution < -0.4 is 5.32 Å². The molecule has 1 N–H and O–H groups in total. The summed E-state index contributed by atoms with van der Waals surface area (Å²) in [6.07, 6.45) is 0. The average molecular weight is 450 g/mol. The molecule has 0 fully saturated rings. The minimum atomic E-state index is -0.587. The summed E-state index contributed by atoms with van der Waals surface area (Å²) in [5, 5.41) is 25.3. The summed E-state index contributed by atoms with van der Waals surface area (Å²) in [4.78, 5) is 24.4. The van der Waals surface area contributed by atoms with Crippen LogP contribution in [0.1, 0.15) is 10.4 Å². The minimum absolute atomic E-state index is 0.0539. The Morgan fingerprint density at radius 3 is 2.62 bits per heavy atom. The number of amides is 1. The van der Waals surface area contributed by atoms with Crippen molar-refractivity contribution in [3.8, 4) is 11.4 Å². The van der Waals surface area contributed by atoms with E-state index in [1.165, 1.54) is 28.9 Å². The van der Waals surface area contributed by atoms with Crippen molar-refractivity contribution in [3.63, 3.8) is 0 Å². The van der Waals surface area contributed by atoms with Gasteiger partial charge in [0, 0.05) is 40.2 Å². The number of carbonyl (C=O) groups excluding carboxylic acids is 1. The first-order valence-electron chi connectivity index (χ1n) is 9.27. The monoisotopic (exact) mass is 450 g/mol. The molecule has 4 rings (SSSR count). The number of anilines is 1. The standard InChI is InChI=1S/C21H15FN6O3S/c1-27-20(24-25-26-27)13-5-4-6-14(11-13)23-21(29)16-12-15(28(30)31)9-10-18(16)32-19-8-3-2-7-17(19)22/h2-12H,1H3,(H,23,29). The maximum Gasteiger partial charge on any atom is 0.270 e. The highest BCUT2D eigenvalue weighted by Gasteiger charge is 2.19. The van der Waals surface area contributed by atoms with Gasteiger partial charge in [0.2, 0.25) is 0 Å². The van der Waals surface area contributed by atoms with Gasteiger partial charge in [-0.3, -0.25) is 14.9 Å². The molecule has 0 aliphatic rings. The van der Waals surface area contributed by atoms with Gasteiger partial charge in [-0.25, -0.2) is 9.07 Å². The first-order valence-corrected chi connectivity index (χ1v) is 10.1. The number of nitro groups is 1. The Hall–Kier alpha value is -4.12. The number of nitrogens with one attached hydrogen (secondary N) is 1. The number of tetrazole rings is 1. The van der Waals surface area contributed by atoms with E-state index < -0.39 is 16.6 Å². The third kappa shape index (κ3) is 4.47. The number of halogens is 1. The third-order valence-electron chi connectivity index (χ3n) is 4.47. The SMILES string of the molecule is Cn1nnnc1-c1cccc(NC(=O)c2cc([N+](=O)[O-])ccc2Sc2ccccc2F)c1. The van der Waals surface area contributed by atoms with Crippen LogP contribution in [0.5, 0.6) is 0 Å². The number of aryl methyl sites for hydroxylation is 1. The lowest BCUT2D eigenvalue weighted by molar-refractivity contribution is -0.384. The van der Waals surface area contributed by atoms with Crippen LogP contribution in [0.2, 0.25) is 0 Å². The fourth-order valence-electron chi connectivity index (χ4n) is 2.95. The highest BCUT2D eigenvalue weighted by molar-refractivity contribution is 7.99. The van der Waals surface area contributed by atoms with Gasteiger partial charge in [0.1, 0.15) is 5.82 Å². The summed E-state index contributed by atoms with van der Waals surface area (Å²) in [7, 11) is 1.69. The molecular weight excluding hydrogens is 435 g/mol. The van der Waals surface area contributed by atoms with E-state index in [0.29, 0.717) is 26.9 Å². The Bertz CT molecular complexity index is 1330. The van der Waals surface area contributed by atoms with E-state index in [1.54, 1.807) is 49.5 Å². The average Bonchev–Trinajstić information content (AvgIpc) is 3.21. The number of hydrogen-bond donors (Lipinski definition) is 1. The fraction of sp³-hybridized carbons (Fsp3) is 0.0476. The third-order valence-corrected chi connectivity index (χ3v) is 5.60. The van der Waals surface area contributed by atoms with Crippen molar-refractivity contribution >= 4 is 29.0 Å². The summed E-state index contributed by atoms with van der Waals surface area (Å²) < 4.78 is 15.6. The van der Waals surface area contributed by atoms with Gasteiger partial charge in [0.25, 0.3) is 11.6 Å². The molecule has 0 bridgehead atoms. The van der Waals surface area contributed by atoms with Crippen LogP contribution >= 0.6 is 11.8 Å². The van der Waals surface area contributed by atoms with Crippen molar-refractivity contribution in [1.29, 1.82) is 0 Å². The molecule has 1 aromatic heterocycles. The van der Waals surface area contributed by atoms with E-state index >= 15 is 0 Å². The highest BCUT2D eigenvalue weighted by atomic mass is 32.2. The number of rotatable bonds is 6. The molecule has 1 heterocycles. The smallest absolute Gasteiger partial charge is 0.270 e. The number of hydrogen-bond acceptors (Lipinski definition) is 7. The van der Waals surface area contributed by atoms with E-state index in [2.05, 4.69) is 20.8 Å². The summed E-state index contributed by atoms with van der Waals surface area (Å²) >= 11 is 1.01. The van der Waals surface area contributed by atoms with Gasteiger partial charge in [-0.1, -0.05) is 36.0 Å². The zero-order valence-corrected chi connectivity index (χ0v) is 17.4. The van der Waals surface area contributed by atoms with Crippen LogP contribution in [0, 0.1) is 15.9 Å². The van der Waals surface area contributed by atoms with E-state index in [9.17, 15) is 19.3 Å². The number of nitro benzene ring substituents is 1. The summed E-state index contributed by atoms with van der Waals surface area (Å²) in [6, 6.07) is 16.9. The van der Waals surface area contributed by atoms with E-state index in [-0.39, 0.29) is 11.3 Å². The quantitative estimate of drug-likeness (QED) is 0.343. The minimum Gasteiger partial charge on any atom is -0.322 e. The number of carbonyl (C=O) groups is 1. The topological polar surface area (TPSA) is 116 Å². The van der Waals surface area contributed by atoms with Crippen LogP contribution in [0.15, 0.2) is 76.5 Å². The molecule has 1 amide bonds. The lowest BCUT2D eigenvalue weighted by atomic mass is 10.1. The normalized spacial score (nSPS) is 10.7. The number of aromatic nitrogens is 4. The van der Waals surface area contributed by atoms with E-state index in [1.807, 2.05) is 0 Å². The Labute approximate surface area is 185 Å². The number of nitrogens with zero attached hydrogens (tertiary/aromatic N) is 5. The molecule has 0 aliphatic heterocycles. The zero-order chi connectivity index (χ0) is 22.7. The Balaban J connectivity index is 1.67. The molecule has 11 heteroatoms. The highest BCUT2D eigenvalue weighted by Crippen LogP contribution is 2.34. The van der Waals surface area contributed by atoms with Crippen LogP contribution in [0.25, 0.3) is 11.4 Å². The van der Waals surface area contributed by atoms with Crippen LogP contribution in [-0.2, 0) is 7.05 Å². The van der Waals surface area contributed by atoms with Gasteiger partial charge in [-0.2, -0.15) is 0 Å². The first kappa shape index (κ1) is 21.1. The molecule has 9 nitrogen and oxygen atoms in total. The second-order valence-corrected chi connectivity index (χ2v) is 7.71. The zero-order valence-electron chi connectivity index (χ0n) is 16.6. The van der Waals surface area contributed by atoms with Crippen molar-refractivity contribution in [1.82, 2.24) is 20.2 Å². The van der Waals surface area contributed by atoms with Crippen molar-refractivity contribution in [2.24, 2.45) is 7.05 Å². The predicted octanol–water partition coefficient (Wildman–Crippen LogP) is 4.33. The lowest BCUT2D eigenvalue weighted by Crippen LogP contribution is -2.13. The molecule has 0 saturated heterocycles. The molecule has 0 spiro atoms. The van der Waals surface area contributed by atoms with Crippen molar-refractivity contribution in [2.75, 3.05) is 5.32 Å². The molecule has 0 aliphatic carbocycles. The van der Waals surface area contributed by atoms with Gasteiger partial charge in [-0.15, -0.1) is 5.10 Å². The van der Waals surface area contributed by atoms with Crippen molar-refractivity contribution in [2.45, 2.75) is 9.79 Å². The largest absolute Gasteiger partial charge is 0.322 e. The Morgan fingerprint density at radius 2 is 1.91 bits per heavy atom. The molecule has 3 aromatic carbocycles. The van der Waals surface area contributed by atoms with Gasteiger partial charge >= 0.3 is 0 Å². The molecule has 4 aromatic rings. The van der Waals surface area contributed by atoms with Crippen molar-refractivity contribution < 1.29 is 14.1 Å². The Morgan fingerprint density at radius 1 is 1.09 bits per heavy atom. The second-order valence-electron chi connectivity index (χ2n) is 6.63. The Kier molecular flexibility index (Phi) is 5.90. The molecule has 32 heavy (non-hydrogen) atoms. The molecule has 0 unspecified atom stereocenters. The summed E-state index contributed by atoms with van der Waals surface area (Å²) in [5.74, 6) is -0.514. The molecule has 0 atom stereocenters. The van der Waals surface area contributed by atoms with Gasteiger partial charge < -0.3 is 5.32 Å². The fourth-order valence-corrected chi connectivity index (χ4v) is 3.90.